The summed E-state index contributed by atoms with van der Waals surface area (Å²) in [5.41, 5.74) is 19.2. The number of fused-ring (bicyclic) bond motifs is 9. The fourth-order valence-electron chi connectivity index (χ4n) is 10.9. The predicted molar refractivity (Wildman–Crippen MR) is 250 cm³/mol. The molecule has 60 heavy (non-hydrogen) atoms. The highest BCUT2D eigenvalue weighted by Crippen LogP contribution is 2.60. The van der Waals surface area contributed by atoms with Gasteiger partial charge < -0.3 is 9.47 Å². The molecular weight excluding hydrogens is 725 g/mol. The van der Waals surface area contributed by atoms with Gasteiger partial charge in [-0.1, -0.05) is 184 Å². The number of nitrogens with zero attached hydrogens (tertiary/aromatic N) is 2. The highest BCUT2D eigenvalue weighted by Gasteiger charge is 2.47. The van der Waals surface area contributed by atoms with Crippen molar-refractivity contribution < 1.29 is 0 Å². The quantitative estimate of drug-likeness (QED) is 0.164. The van der Waals surface area contributed by atoms with Gasteiger partial charge in [0.15, 0.2) is 0 Å². The van der Waals surface area contributed by atoms with E-state index in [0.717, 1.165) is 22.7 Å². The van der Waals surface area contributed by atoms with Crippen molar-refractivity contribution in [2.24, 2.45) is 0 Å². The molecule has 2 nitrogen and oxygen atoms in total. The normalized spacial score (nSPS) is 14.1. The molecule has 1 aromatic heterocycles. The highest BCUT2D eigenvalue weighted by molar-refractivity contribution is 6.09. The largest absolute Gasteiger partial charge is 0.310 e. The summed E-state index contributed by atoms with van der Waals surface area (Å²) in [6, 6.07) is 81.0. The first kappa shape index (κ1) is 34.6. The molecule has 0 atom stereocenters. The lowest BCUT2D eigenvalue weighted by Gasteiger charge is -2.34. The van der Waals surface area contributed by atoms with E-state index in [0.29, 0.717) is 0 Å². The van der Waals surface area contributed by atoms with Crippen LogP contribution < -0.4 is 4.90 Å². The van der Waals surface area contributed by atoms with Gasteiger partial charge in [0.1, 0.15) is 0 Å². The van der Waals surface area contributed by atoms with Crippen LogP contribution in [0.5, 0.6) is 0 Å². The second kappa shape index (κ2) is 13.0. The van der Waals surface area contributed by atoms with E-state index in [4.69, 9.17) is 0 Å². The van der Waals surface area contributed by atoms with Crippen molar-refractivity contribution in [3.05, 3.63) is 252 Å². The van der Waals surface area contributed by atoms with Gasteiger partial charge in [0.05, 0.1) is 22.1 Å². The molecule has 0 aliphatic heterocycles. The zero-order valence-corrected chi connectivity index (χ0v) is 33.7. The fourth-order valence-corrected chi connectivity index (χ4v) is 10.9. The van der Waals surface area contributed by atoms with E-state index in [-0.39, 0.29) is 5.41 Å². The van der Waals surface area contributed by atoms with Crippen LogP contribution in [0.25, 0.3) is 49.7 Å². The molecule has 1 heterocycles. The number of benzene rings is 9. The van der Waals surface area contributed by atoms with Gasteiger partial charge in [-0.05, 0) is 98.6 Å². The van der Waals surface area contributed by atoms with E-state index < -0.39 is 5.41 Å². The first-order chi connectivity index (χ1) is 29.5. The van der Waals surface area contributed by atoms with Gasteiger partial charge in [-0.15, -0.1) is 0 Å². The van der Waals surface area contributed by atoms with Crippen molar-refractivity contribution in [3.63, 3.8) is 0 Å². The smallest absolute Gasteiger partial charge is 0.0714 e. The molecule has 0 fully saturated rings. The van der Waals surface area contributed by atoms with Crippen LogP contribution >= 0.6 is 0 Å². The van der Waals surface area contributed by atoms with Gasteiger partial charge >= 0.3 is 0 Å². The van der Waals surface area contributed by atoms with Crippen molar-refractivity contribution in [1.29, 1.82) is 0 Å². The first-order valence-electron chi connectivity index (χ1n) is 21.0. The van der Waals surface area contributed by atoms with Crippen LogP contribution in [-0.4, -0.2) is 4.57 Å². The van der Waals surface area contributed by atoms with Crippen LogP contribution in [0, 0.1) is 0 Å². The Balaban J connectivity index is 1.15. The van der Waals surface area contributed by atoms with Crippen LogP contribution in [0.3, 0.4) is 0 Å². The maximum Gasteiger partial charge on any atom is 0.0714 e. The Hall–Kier alpha value is -7.42. The summed E-state index contributed by atoms with van der Waals surface area (Å²) in [5.74, 6) is 0. The lowest BCUT2D eigenvalue weighted by Crippen LogP contribution is -2.28. The van der Waals surface area contributed by atoms with Crippen LogP contribution in [0.15, 0.2) is 218 Å². The van der Waals surface area contributed by atoms with Crippen molar-refractivity contribution in [2.45, 2.75) is 24.7 Å². The molecule has 0 radical (unpaired) electrons. The molecule has 2 aliphatic carbocycles. The third-order valence-electron chi connectivity index (χ3n) is 13.5. The van der Waals surface area contributed by atoms with Gasteiger partial charge in [0.25, 0.3) is 0 Å². The Morgan fingerprint density at radius 3 is 1.62 bits per heavy atom. The van der Waals surface area contributed by atoms with Crippen molar-refractivity contribution in [2.75, 3.05) is 4.90 Å². The second-order valence-corrected chi connectivity index (χ2v) is 16.9. The zero-order valence-electron chi connectivity index (χ0n) is 33.7. The number of hydrogen-bond donors (Lipinski definition) is 0. The number of rotatable bonds is 6. The number of para-hydroxylation sites is 2. The second-order valence-electron chi connectivity index (χ2n) is 16.9. The Kier molecular flexibility index (Phi) is 7.52. The number of anilines is 3. The highest BCUT2D eigenvalue weighted by atomic mass is 15.1. The summed E-state index contributed by atoms with van der Waals surface area (Å²) in [6.45, 7) is 4.75. The summed E-state index contributed by atoms with van der Waals surface area (Å²) in [6.07, 6.45) is 0. The minimum absolute atomic E-state index is 0.153. The third kappa shape index (κ3) is 4.76. The average molecular weight is 767 g/mol. The molecule has 0 saturated carbocycles. The minimum Gasteiger partial charge on any atom is -0.310 e. The van der Waals surface area contributed by atoms with Gasteiger partial charge in [0.2, 0.25) is 0 Å². The number of aromatic nitrogens is 1. The van der Waals surface area contributed by atoms with Gasteiger partial charge in [-0.3, -0.25) is 0 Å². The zero-order chi connectivity index (χ0) is 40.0. The molecule has 0 saturated heterocycles. The molecule has 0 bridgehead atoms. The van der Waals surface area contributed by atoms with Crippen molar-refractivity contribution >= 4 is 38.9 Å². The van der Waals surface area contributed by atoms with Crippen LogP contribution in [0.4, 0.5) is 17.1 Å². The predicted octanol–water partition coefficient (Wildman–Crippen LogP) is 14.9. The molecular formula is C58H42N2. The molecule has 10 aromatic rings. The fraction of sp³-hybridized carbons (Fsp3) is 0.0690. The topological polar surface area (TPSA) is 8.17 Å². The van der Waals surface area contributed by atoms with Gasteiger partial charge in [-0.25, -0.2) is 0 Å². The average Bonchev–Trinajstić information content (AvgIpc) is 3.89. The molecule has 2 heteroatoms. The van der Waals surface area contributed by atoms with Gasteiger partial charge in [-0.2, -0.15) is 0 Å². The summed E-state index contributed by atoms with van der Waals surface area (Å²) in [5, 5.41) is 2.51. The molecule has 0 amide bonds. The van der Waals surface area contributed by atoms with Crippen molar-refractivity contribution in [3.8, 4) is 27.9 Å². The molecule has 2 aliphatic rings. The molecule has 9 aromatic carbocycles. The van der Waals surface area contributed by atoms with E-state index in [1.54, 1.807) is 0 Å². The van der Waals surface area contributed by atoms with Gasteiger partial charge in [0, 0.05) is 38.8 Å². The van der Waals surface area contributed by atoms with E-state index in [2.05, 4.69) is 242 Å². The summed E-state index contributed by atoms with van der Waals surface area (Å²) < 4.78 is 2.43. The summed E-state index contributed by atoms with van der Waals surface area (Å²) in [4.78, 5) is 2.53. The Labute approximate surface area is 351 Å². The SMILES string of the molecule is CC1(C)c2ccccc2-c2ccc(N(c3cccc(-n4c5ccccc5c5ccccc54)c3)c3cccc4c3-c3ccccc3C4(c3ccccc3)c3ccccc3)cc21. The van der Waals surface area contributed by atoms with E-state index in [9.17, 15) is 0 Å². The van der Waals surface area contributed by atoms with E-state index in [1.165, 1.54) is 77.4 Å². The summed E-state index contributed by atoms with van der Waals surface area (Å²) >= 11 is 0. The Bertz CT molecular complexity index is 3200. The molecule has 0 unspecified atom stereocenters. The van der Waals surface area contributed by atoms with Crippen LogP contribution in [0.2, 0.25) is 0 Å². The lowest BCUT2D eigenvalue weighted by atomic mass is 9.68. The summed E-state index contributed by atoms with van der Waals surface area (Å²) in [7, 11) is 0. The van der Waals surface area contributed by atoms with Crippen LogP contribution in [-0.2, 0) is 10.8 Å². The third-order valence-corrected chi connectivity index (χ3v) is 13.5. The van der Waals surface area contributed by atoms with Crippen LogP contribution in [0.1, 0.15) is 47.2 Å². The molecule has 0 N–H and O–H groups in total. The monoisotopic (exact) mass is 766 g/mol. The van der Waals surface area contributed by atoms with E-state index in [1.807, 2.05) is 0 Å². The molecule has 0 spiro atoms. The molecule has 12 rings (SSSR count). The maximum atomic E-state index is 2.53. The van der Waals surface area contributed by atoms with E-state index >= 15 is 0 Å². The standard InChI is InChI=1S/C58H42N2/c1-57(2)49-29-13-9-25-44(49)45-36-35-43(38-52(45)57)59(41-23-17-24-42(37-41)60-53-32-15-11-26-46(53)47-27-12-16-33-54(47)60)55-34-18-31-51-56(55)48-28-10-14-30-50(48)58(51,39-19-5-3-6-20-39)40-21-7-4-8-22-40/h3-38H,1-2H3. The van der Waals surface area contributed by atoms with Crippen molar-refractivity contribution in [1.82, 2.24) is 4.57 Å². The Morgan fingerprint density at radius 1 is 0.383 bits per heavy atom. The first-order valence-corrected chi connectivity index (χ1v) is 21.0. The Morgan fingerprint density at radius 2 is 0.917 bits per heavy atom. The number of hydrogen-bond acceptors (Lipinski definition) is 1. The maximum absolute atomic E-state index is 2.53. The lowest BCUT2D eigenvalue weighted by molar-refractivity contribution is 0.660. The minimum atomic E-state index is -0.511. The molecule has 284 valence electrons.